The molecule has 0 aliphatic rings. The van der Waals surface area contributed by atoms with Crippen LogP contribution in [0.15, 0.2) is 24.3 Å². The summed E-state index contributed by atoms with van der Waals surface area (Å²) >= 11 is 0. The fourth-order valence-electron chi connectivity index (χ4n) is 5.06. The molecule has 0 aliphatic heterocycles. The van der Waals surface area contributed by atoms with Crippen molar-refractivity contribution in [2.75, 3.05) is 86.0 Å². The number of carbonyl (C=O) groups is 2. The molecule has 1 aromatic carbocycles. The lowest BCUT2D eigenvalue weighted by molar-refractivity contribution is -0.120. The van der Waals surface area contributed by atoms with Gasteiger partial charge in [0.25, 0.3) is 11.9 Å². The number of fused-ring (bicyclic) bond motifs is 1. The third kappa shape index (κ3) is 14.1. The van der Waals surface area contributed by atoms with E-state index in [1.165, 1.54) is 4.57 Å². The highest BCUT2D eigenvalue weighted by Gasteiger charge is 2.18. The molecule has 2 amide bonds. The number of anilines is 1. The number of imidazole rings is 1. The maximum absolute atomic E-state index is 12.7. The smallest absolute Gasteiger partial charge is 0.320 e. The van der Waals surface area contributed by atoms with Crippen molar-refractivity contribution in [1.82, 2.24) is 45.3 Å². The average Bonchev–Trinajstić information content (AvgIpc) is 3.37. The van der Waals surface area contributed by atoms with Crippen molar-refractivity contribution in [3.8, 4) is 12.0 Å². The number of hydrogen-bond donors (Lipinski definition) is 5. The molecular weight excluding hydrogens is 628 g/mol. The summed E-state index contributed by atoms with van der Waals surface area (Å²) < 4.78 is 11.9. The van der Waals surface area contributed by atoms with Gasteiger partial charge in [0.05, 0.1) is 19.7 Å². The Labute approximate surface area is 289 Å². The molecule has 2 aromatic heterocycles. The Kier molecular flexibility index (Phi) is 15.9. The van der Waals surface area contributed by atoms with Crippen molar-refractivity contribution in [2.24, 2.45) is 0 Å². The van der Waals surface area contributed by atoms with E-state index in [-0.39, 0.29) is 60.4 Å². The lowest BCUT2D eigenvalue weighted by atomic mass is 10.1. The minimum atomic E-state index is -0.358. The van der Waals surface area contributed by atoms with Crippen molar-refractivity contribution < 1.29 is 24.2 Å². The van der Waals surface area contributed by atoms with Crippen LogP contribution in [0.2, 0.25) is 0 Å². The molecule has 0 atom stereocenters. The first kappa shape index (κ1) is 39.4. The van der Waals surface area contributed by atoms with E-state index < -0.39 is 0 Å². The summed E-state index contributed by atoms with van der Waals surface area (Å²) in [6.07, 6.45) is 4.28. The fourth-order valence-corrected chi connectivity index (χ4v) is 5.06. The van der Waals surface area contributed by atoms with Crippen molar-refractivity contribution >= 4 is 28.8 Å². The summed E-state index contributed by atoms with van der Waals surface area (Å²) in [4.78, 5) is 42.2. The highest BCUT2D eigenvalue weighted by atomic mass is 16.5. The molecule has 0 fully saturated rings. The predicted octanol–water partition coefficient (Wildman–Crippen LogP) is 1.85. The van der Waals surface area contributed by atoms with Gasteiger partial charge in [0.1, 0.15) is 6.61 Å². The van der Waals surface area contributed by atoms with E-state index >= 15 is 0 Å². The number of aromatic hydroxyl groups is 1. The highest BCUT2D eigenvalue weighted by Crippen LogP contribution is 2.25. The Balaban J connectivity index is 1.32. The van der Waals surface area contributed by atoms with Gasteiger partial charge in [0, 0.05) is 24.8 Å². The Hall–Kier alpha value is -4.05. The van der Waals surface area contributed by atoms with E-state index in [1.54, 1.807) is 31.4 Å². The summed E-state index contributed by atoms with van der Waals surface area (Å²) in [7, 11) is 5.85. The molecule has 0 aliphatic carbocycles. The minimum Gasteiger partial charge on any atom is -0.480 e. The van der Waals surface area contributed by atoms with Gasteiger partial charge >= 0.3 is 6.01 Å². The van der Waals surface area contributed by atoms with E-state index in [2.05, 4.69) is 75.6 Å². The second kappa shape index (κ2) is 19.8. The molecule has 2 heterocycles. The molecule has 0 saturated carbocycles. The van der Waals surface area contributed by atoms with Crippen molar-refractivity contribution in [1.29, 1.82) is 0 Å². The van der Waals surface area contributed by atoms with Crippen LogP contribution in [0.4, 0.5) is 5.82 Å². The van der Waals surface area contributed by atoms with Gasteiger partial charge in [-0.3, -0.25) is 14.2 Å². The number of benzene rings is 1. The standard InChI is InChI=1S/C34H56N10O5/c1-34(2,3)38-16-10-20-43(5)18-8-7-17-42(4)19-9-15-36-27(45)23-37-31(46)26-13-11-25(12-14-26)24-44-30-28(39-33(44)47)29(35)40-32(41-30)49-22-21-48-6/h11-14,38H,7-10,15-24H2,1-6H3,(H,36,45)(H,37,46)(H,39,47)(H2,35,40,41). The lowest BCUT2D eigenvalue weighted by Gasteiger charge is -2.22. The van der Waals surface area contributed by atoms with E-state index in [0.29, 0.717) is 24.4 Å². The Morgan fingerprint density at radius 1 is 0.898 bits per heavy atom. The summed E-state index contributed by atoms with van der Waals surface area (Å²) in [5.74, 6) is -0.513. The maximum atomic E-state index is 12.7. The topological polar surface area (TPSA) is 185 Å². The number of rotatable bonds is 22. The van der Waals surface area contributed by atoms with Crippen LogP contribution in [0.5, 0.6) is 12.0 Å². The number of carbonyl (C=O) groups excluding carboxylic acids is 2. The van der Waals surface area contributed by atoms with Crippen LogP contribution in [0.3, 0.4) is 0 Å². The maximum Gasteiger partial charge on any atom is 0.320 e. The molecule has 272 valence electrons. The zero-order valence-electron chi connectivity index (χ0n) is 30.0. The van der Waals surface area contributed by atoms with Crippen LogP contribution in [-0.4, -0.2) is 132 Å². The third-order valence-corrected chi connectivity index (χ3v) is 7.81. The Morgan fingerprint density at radius 2 is 1.53 bits per heavy atom. The van der Waals surface area contributed by atoms with Crippen LogP contribution in [0.25, 0.3) is 11.2 Å². The third-order valence-electron chi connectivity index (χ3n) is 7.81. The normalized spacial score (nSPS) is 11.8. The van der Waals surface area contributed by atoms with Gasteiger partial charge in [0.15, 0.2) is 17.0 Å². The Bertz CT molecular complexity index is 1460. The first-order valence-electron chi connectivity index (χ1n) is 17.0. The second-order valence-corrected chi connectivity index (χ2v) is 13.3. The number of methoxy groups -OCH3 is 1. The van der Waals surface area contributed by atoms with Crippen LogP contribution in [-0.2, 0) is 16.1 Å². The number of nitrogen functional groups attached to an aromatic ring is 1. The van der Waals surface area contributed by atoms with Gasteiger partial charge in [-0.05, 0) is 111 Å². The molecule has 0 bridgehead atoms. The minimum absolute atomic E-state index is 0.0484. The zero-order chi connectivity index (χ0) is 35.8. The molecule has 0 unspecified atom stereocenters. The molecule has 15 nitrogen and oxygen atoms in total. The molecule has 6 N–H and O–H groups in total. The molecule has 3 rings (SSSR count). The van der Waals surface area contributed by atoms with Crippen molar-refractivity contribution in [2.45, 2.75) is 58.5 Å². The number of nitrogens with two attached hydrogens (primary N) is 1. The first-order valence-corrected chi connectivity index (χ1v) is 17.0. The number of nitrogens with zero attached hydrogens (tertiary/aromatic N) is 6. The number of nitrogens with one attached hydrogen (secondary N) is 3. The summed E-state index contributed by atoms with van der Waals surface area (Å²) in [5, 5.41) is 19.5. The number of unbranched alkanes of at least 4 members (excludes halogenated alkanes) is 1. The van der Waals surface area contributed by atoms with Gasteiger partial charge < -0.3 is 46.1 Å². The van der Waals surface area contributed by atoms with Gasteiger partial charge in [0.2, 0.25) is 5.91 Å². The van der Waals surface area contributed by atoms with Gasteiger partial charge in [-0.2, -0.15) is 15.0 Å². The monoisotopic (exact) mass is 684 g/mol. The summed E-state index contributed by atoms with van der Waals surface area (Å²) in [5.41, 5.74) is 7.93. The van der Waals surface area contributed by atoms with E-state index in [9.17, 15) is 14.7 Å². The SMILES string of the molecule is COCCOc1nc(N)c2nc(O)n(Cc3ccc(C(=O)NCC(=O)NCCCN(C)CCCCN(C)CCCNC(C)(C)C)cc3)c2n1. The van der Waals surface area contributed by atoms with Crippen molar-refractivity contribution in [3.63, 3.8) is 0 Å². The summed E-state index contributed by atoms with van der Waals surface area (Å²) in [6, 6.07) is 6.58. The quantitative estimate of drug-likeness (QED) is 0.0970. The molecular formula is C34H56N10O5. The van der Waals surface area contributed by atoms with Crippen LogP contribution in [0, 0.1) is 0 Å². The number of amides is 2. The largest absolute Gasteiger partial charge is 0.480 e. The van der Waals surface area contributed by atoms with Crippen molar-refractivity contribution in [3.05, 3.63) is 35.4 Å². The average molecular weight is 685 g/mol. The van der Waals surface area contributed by atoms with E-state index in [4.69, 9.17) is 15.2 Å². The van der Waals surface area contributed by atoms with Gasteiger partial charge in [-0.25, -0.2) is 0 Å². The predicted molar refractivity (Wildman–Crippen MR) is 191 cm³/mol. The Morgan fingerprint density at radius 3 is 2.16 bits per heavy atom. The molecule has 3 aromatic rings. The van der Waals surface area contributed by atoms with E-state index in [1.807, 2.05) is 0 Å². The molecule has 15 heteroatoms. The number of ether oxygens (including phenoxy) is 2. The van der Waals surface area contributed by atoms with Gasteiger partial charge in [-0.15, -0.1) is 0 Å². The molecule has 0 saturated heterocycles. The first-order chi connectivity index (χ1) is 23.4. The number of aromatic nitrogens is 4. The zero-order valence-corrected chi connectivity index (χ0v) is 30.0. The summed E-state index contributed by atoms with van der Waals surface area (Å²) in [6.45, 7) is 13.0. The molecule has 0 spiro atoms. The molecule has 0 radical (unpaired) electrons. The van der Waals surface area contributed by atoms with Crippen LogP contribution >= 0.6 is 0 Å². The van der Waals surface area contributed by atoms with Crippen LogP contribution in [0.1, 0.15) is 62.4 Å². The number of hydrogen-bond acceptors (Lipinski definition) is 12. The van der Waals surface area contributed by atoms with Crippen LogP contribution < -0.4 is 26.4 Å². The van der Waals surface area contributed by atoms with E-state index in [0.717, 1.165) is 64.0 Å². The van der Waals surface area contributed by atoms with Gasteiger partial charge in [-0.1, -0.05) is 12.1 Å². The second-order valence-electron chi connectivity index (χ2n) is 13.3. The molecule has 49 heavy (non-hydrogen) atoms. The highest BCUT2D eigenvalue weighted by molar-refractivity contribution is 5.96. The lowest BCUT2D eigenvalue weighted by Crippen LogP contribution is -2.38. The fraction of sp³-hybridized carbons (Fsp3) is 0.618.